The molecule has 2 aromatic heterocycles. The predicted octanol–water partition coefficient (Wildman–Crippen LogP) is 2.87. The molecule has 3 aromatic rings. The largest absolute Gasteiger partial charge is 0.454 e. The molecular weight excluding hydrogens is 390 g/mol. The van der Waals surface area contributed by atoms with Crippen LogP contribution in [0.5, 0.6) is 11.5 Å². The molecule has 0 unspecified atom stereocenters. The summed E-state index contributed by atoms with van der Waals surface area (Å²) in [5, 5.41) is 5.93. The summed E-state index contributed by atoms with van der Waals surface area (Å²) in [6.07, 6.45) is 3.19. The number of hydrogen-bond donors (Lipinski definition) is 1. The average Bonchev–Trinajstić information content (AvgIpc) is 3.36. The Morgan fingerprint density at radius 3 is 2.90 bits per heavy atom. The molecule has 1 aliphatic heterocycles. The van der Waals surface area contributed by atoms with Gasteiger partial charge in [0.15, 0.2) is 11.5 Å². The van der Waals surface area contributed by atoms with E-state index in [1.807, 2.05) is 5.38 Å². The first-order valence-corrected chi connectivity index (χ1v) is 10.3. The SMILES string of the molecule is CCc1nc(CCNC(=O)c2c(C)ccn(-c3ccc4c(c3)OCO4)c2=O)cs1. The third-order valence-electron chi connectivity index (χ3n) is 4.73. The number of aryl methyl sites for hydroxylation is 2. The minimum Gasteiger partial charge on any atom is -0.454 e. The van der Waals surface area contributed by atoms with Crippen molar-refractivity contribution in [2.45, 2.75) is 26.7 Å². The van der Waals surface area contributed by atoms with Gasteiger partial charge in [-0.15, -0.1) is 11.3 Å². The number of carbonyl (C=O) groups is 1. The van der Waals surface area contributed by atoms with Crippen molar-refractivity contribution in [2.75, 3.05) is 13.3 Å². The molecule has 1 amide bonds. The molecular formula is C21H21N3O4S. The Balaban J connectivity index is 1.53. The predicted molar refractivity (Wildman–Crippen MR) is 110 cm³/mol. The Labute approximate surface area is 171 Å². The number of carbonyl (C=O) groups excluding carboxylic acids is 1. The topological polar surface area (TPSA) is 82.5 Å². The van der Waals surface area contributed by atoms with Crippen molar-refractivity contribution in [2.24, 2.45) is 0 Å². The second-order valence-corrected chi connectivity index (χ2v) is 7.62. The normalized spacial score (nSPS) is 12.2. The van der Waals surface area contributed by atoms with Crippen molar-refractivity contribution in [1.29, 1.82) is 0 Å². The fourth-order valence-electron chi connectivity index (χ4n) is 3.16. The van der Waals surface area contributed by atoms with E-state index in [0.29, 0.717) is 35.7 Å². The molecule has 4 rings (SSSR count). The highest BCUT2D eigenvalue weighted by Gasteiger charge is 2.18. The summed E-state index contributed by atoms with van der Waals surface area (Å²) in [6, 6.07) is 7.00. The van der Waals surface area contributed by atoms with Crippen LogP contribution < -0.4 is 20.3 Å². The van der Waals surface area contributed by atoms with E-state index in [1.54, 1.807) is 48.7 Å². The molecule has 0 fully saturated rings. The zero-order valence-electron chi connectivity index (χ0n) is 16.2. The Morgan fingerprint density at radius 1 is 1.28 bits per heavy atom. The van der Waals surface area contributed by atoms with Crippen LogP contribution in [0.1, 0.15) is 33.5 Å². The highest BCUT2D eigenvalue weighted by atomic mass is 32.1. The molecule has 1 aliphatic rings. The second kappa shape index (κ2) is 8.08. The molecule has 0 saturated carbocycles. The van der Waals surface area contributed by atoms with E-state index in [4.69, 9.17) is 9.47 Å². The van der Waals surface area contributed by atoms with Crippen LogP contribution in [0.25, 0.3) is 5.69 Å². The Bertz CT molecular complexity index is 1120. The summed E-state index contributed by atoms with van der Waals surface area (Å²) >= 11 is 1.62. The van der Waals surface area contributed by atoms with Crippen LogP contribution >= 0.6 is 11.3 Å². The highest BCUT2D eigenvalue weighted by Crippen LogP contribution is 2.33. The number of hydrogen-bond acceptors (Lipinski definition) is 6. The molecule has 150 valence electrons. The first-order chi connectivity index (χ1) is 14.1. The van der Waals surface area contributed by atoms with Gasteiger partial charge in [0.25, 0.3) is 11.5 Å². The van der Waals surface area contributed by atoms with E-state index in [9.17, 15) is 9.59 Å². The van der Waals surface area contributed by atoms with Gasteiger partial charge in [-0.25, -0.2) is 4.98 Å². The van der Waals surface area contributed by atoms with Crippen molar-refractivity contribution < 1.29 is 14.3 Å². The van der Waals surface area contributed by atoms with E-state index in [0.717, 1.165) is 17.1 Å². The van der Waals surface area contributed by atoms with Crippen LogP contribution in [-0.4, -0.2) is 28.8 Å². The van der Waals surface area contributed by atoms with Crippen molar-refractivity contribution in [1.82, 2.24) is 14.9 Å². The molecule has 0 radical (unpaired) electrons. The molecule has 8 heteroatoms. The van der Waals surface area contributed by atoms with E-state index in [-0.39, 0.29) is 23.8 Å². The molecule has 0 atom stereocenters. The number of ether oxygens (including phenoxy) is 2. The highest BCUT2D eigenvalue weighted by molar-refractivity contribution is 7.09. The number of rotatable bonds is 6. The van der Waals surface area contributed by atoms with Gasteiger partial charge in [0.2, 0.25) is 6.79 Å². The summed E-state index contributed by atoms with van der Waals surface area (Å²) < 4.78 is 12.1. The van der Waals surface area contributed by atoms with Crippen LogP contribution in [0, 0.1) is 6.92 Å². The van der Waals surface area contributed by atoms with Crippen LogP contribution in [0.4, 0.5) is 0 Å². The zero-order chi connectivity index (χ0) is 20.4. The molecule has 1 N–H and O–H groups in total. The molecule has 3 heterocycles. The van der Waals surface area contributed by atoms with Gasteiger partial charge in [0.1, 0.15) is 5.56 Å². The number of thiazole rings is 1. The van der Waals surface area contributed by atoms with E-state index >= 15 is 0 Å². The van der Waals surface area contributed by atoms with Crippen LogP contribution in [-0.2, 0) is 12.8 Å². The standard InChI is InChI=1S/C21H21N3O4S/c1-3-18-23-14(11-29-18)6-8-22-20(25)19-13(2)7-9-24(21(19)26)15-4-5-16-17(10-15)28-12-27-16/h4-5,7,9-11H,3,6,8,12H2,1-2H3,(H,22,25). The lowest BCUT2D eigenvalue weighted by Crippen LogP contribution is -2.34. The van der Waals surface area contributed by atoms with Gasteiger partial charge in [-0.2, -0.15) is 0 Å². The zero-order valence-corrected chi connectivity index (χ0v) is 17.0. The fraction of sp³-hybridized carbons (Fsp3) is 0.286. The Hall–Kier alpha value is -3.13. The van der Waals surface area contributed by atoms with Crippen molar-refractivity contribution in [3.05, 3.63) is 68.0 Å². The van der Waals surface area contributed by atoms with Gasteiger partial charge in [-0.05, 0) is 37.1 Å². The van der Waals surface area contributed by atoms with E-state index < -0.39 is 0 Å². The van der Waals surface area contributed by atoms with E-state index in [2.05, 4.69) is 17.2 Å². The first-order valence-electron chi connectivity index (χ1n) is 9.40. The number of nitrogens with zero attached hydrogens (tertiary/aromatic N) is 2. The molecule has 0 aliphatic carbocycles. The molecule has 0 bridgehead atoms. The van der Waals surface area contributed by atoms with Crippen molar-refractivity contribution in [3.63, 3.8) is 0 Å². The van der Waals surface area contributed by atoms with Crippen LogP contribution in [0.15, 0.2) is 40.6 Å². The van der Waals surface area contributed by atoms with Gasteiger partial charge in [-0.1, -0.05) is 6.92 Å². The lowest BCUT2D eigenvalue weighted by atomic mass is 10.1. The number of amides is 1. The quantitative estimate of drug-likeness (QED) is 0.674. The lowest BCUT2D eigenvalue weighted by molar-refractivity contribution is 0.0951. The summed E-state index contributed by atoms with van der Waals surface area (Å²) in [5.74, 6) is 0.837. The van der Waals surface area contributed by atoms with Crippen LogP contribution in [0.3, 0.4) is 0 Å². The number of pyridine rings is 1. The second-order valence-electron chi connectivity index (χ2n) is 6.68. The van der Waals surface area contributed by atoms with Gasteiger partial charge in [0, 0.05) is 30.6 Å². The van der Waals surface area contributed by atoms with Gasteiger partial charge < -0.3 is 14.8 Å². The molecule has 1 aromatic carbocycles. The average molecular weight is 411 g/mol. The van der Waals surface area contributed by atoms with Gasteiger partial charge >= 0.3 is 0 Å². The molecule has 29 heavy (non-hydrogen) atoms. The summed E-state index contributed by atoms with van der Waals surface area (Å²) in [4.78, 5) is 30.2. The number of benzene rings is 1. The first kappa shape index (κ1) is 19.2. The lowest BCUT2D eigenvalue weighted by Gasteiger charge is -2.11. The third-order valence-corrected chi connectivity index (χ3v) is 5.77. The van der Waals surface area contributed by atoms with Gasteiger partial charge in [0.05, 0.1) is 16.4 Å². The third kappa shape index (κ3) is 3.88. The monoisotopic (exact) mass is 411 g/mol. The Kier molecular flexibility index (Phi) is 5.35. The molecule has 7 nitrogen and oxygen atoms in total. The maximum atomic E-state index is 13.0. The smallest absolute Gasteiger partial charge is 0.268 e. The Morgan fingerprint density at radius 2 is 2.10 bits per heavy atom. The number of aromatic nitrogens is 2. The molecule has 0 saturated heterocycles. The summed E-state index contributed by atoms with van der Waals surface area (Å²) in [5.41, 5.74) is 1.96. The summed E-state index contributed by atoms with van der Waals surface area (Å²) in [7, 11) is 0. The van der Waals surface area contributed by atoms with Crippen LogP contribution in [0.2, 0.25) is 0 Å². The number of fused-ring (bicyclic) bond motifs is 1. The maximum absolute atomic E-state index is 13.0. The maximum Gasteiger partial charge on any atom is 0.268 e. The van der Waals surface area contributed by atoms with Crippen molar-refractivity contribution in [3.8, 4) is 17.2 Å². The van der Waals surface area contributed by atoms with Crippen molar-refractivity contribution >= 4 is 17.2 Å². The minimum atomic E-state index is -0.381. The minimum absolute atomic E-state index is 0.137. The molecule has 0 spiro atoms. The van der Waals surface area contributed by atoms with E-state index in [1.165, 1.54) is 4.57 Å². The number of nitrogens with one attached hydrogen (secondary N) is 1. The summed E-state index contributed by atoms with van der Waals surface area (Å²) in [6.45, 7) is 4.40. The van der Waals surface area contributed by atoms with Gasteiger partial charge in [-0.3, -0.25) is 14.2 Å². The fourth-order valence-corrected chi connectivity index (χ4v) is 3.94.